The van der Waals surface area contributed by atoms with E-state index < -0.39 is 10.0 Å². The van der Waals surface area contributed by atoms with E-state index in [0.29, 0.717) is 11.4 Å². The lowest BCUT2D eigenvalue weighted by molar-refractivity contribution is 0.439. The number of nitrogens with zero attached hydrogens (tertiary/aromatic N) is 1. The summed E-state index contributed by atoms with van der Waals surface area (Å²) in [6, 6.07) is 6.81. The zero-order valence-corrected chi connectivity index (χ0v) is 11.5. The first-order chi connectivity index (χ1) is 8.55. The first-order valence-corrected chi connectivity index (χ1v) is 7.50. The molecule has 96 valence electrons. The van der Waals surface area contributed by atoms with Crippen LogP contribution in [0.15, 0.2) is 29.2 Å². The summed E-state index contributed by atoms with van der Waals surface area (Å²) in [6.07, 6.45) is 1.70. The highest BCUT2D eigenvalue weighted by Gasteiger charge is 2.34. The summed E-state index contributed by atoms with van der Waals surface area (Å²) < 4.78 is 26.5. The molecule has 0 saturated carbocycles. The van der Waals surface area contributed by atoms with Gasteiger partial charge in [-0.1, -0.05) is 23.6 Å². The van der Waals surface area contributed by atoms with E-state index in [1.165, 1.54) is 4.31 Å². The minimum Gasteiger partial charge on any atom is -0.207 e. The zero-order chi connectivity index (χ0) is 13.2. The summed E-state index contributed by atoms with van der Waals surface area (Å²) in [4.78, 5) is 0.359. The SMILES string of the molecule is CC#CC1CCCN1S(=O)(=O)c1ccc(C)cc1. The Kier molecular flexibility index (Phi) is 3.74. The predicted octanol–water partition coefficient (Wildman–Crippen LogP) is 2.17. The summed E-state index contributed by atoms with van der Waals surface area (Å²) in [6.45, 7) is 4.25. The lowest BCUT2D eigenvalue weighted by Gasteiger charge is -2.20. The van der Waals surface area contributed by atoms with Crippen molar-refractivity contribution in [1.29, 1.82) is 0 Å². The highest BCUT2D eigenvalue weighted by Crippen LogP contribution is 2.25. The van der Waals surface area contributed by atoms with Gasteiger partial charge in [0.15, 0.2) is 0 Å². The van der Waals surface area contributed by atoms with Crippen LogP contribution in [0.3, 0.4) is 0 Å². The second kappa shape index (κ2) is 5.13. The minimum absolute atomic E-state index is 0.165. The van der Waals surface area contributed by atoms with Crippen molar-refractivity contribution in [3.05, 3.63) is 29.8 Å². The van der Waals surface area contributed by atoms with Gasteiger partial charge in [0.1, 0.15) is 0 Å². The molecule has 1 fully saturated rings. The third-order valence-electron chi connectivity index (χ3n) is 3.14. The van der Waals surface area contributed by atoms with Gasteiger partial charge in [-0.15, -0.1) is 5.92 Å². The molecule has 1 aromatic rings. The summed E-state index contributed by atoms with van der Waals surface area (Å²) in [5.74, 6) is 5.79. The van der Waals surface area contributed by atoms with E-state index in [1.807, 2.05) is 19.1 Å². The van der Waals surface area contributed by atoms with E-state index in [0.717, 1.165) is 18.4 Å². The van der Waals surface area contributed by atoms with Crippen molar-refractivity contribution in [2.75, 3.05) is 6.54 Å². The van der Waals surface area contributed by atoms with Gasteiger partial charge < -0.3 is 0 Å². The smallest absolute Gasteiger partial charge is 0.207 e. The van der Waals surface area contributed by atoms with Gasteiger partial charge in [0.2, 0.25) is 10.0 Å². The maximum atomic E-state index is 12.5. The molecule has 1 saturated heterocycles. The minimum atomic E-state index is -3.40. The van der Waals surface area contributed by atoms with Gasteiger partial charge >= 0.3 is 0 Å². The number of rotatable bonds is 2. The molecule has 0 aliphatic carbocycles. The van der Waals surface area contributed by atoms with E-state index in [2.05, 4.69) is 11.8 Å². The van der Waals surface area contributed by atoms with Gasteiger partial charge in [-0.2, -0.15) is 4.31 Å². The van der Waals surface area contributed by atoms with Gasteiger partial charge in [-0.25, -0.2) is 8.42 Å². The fourth-order valence-electron chi connectivity index (χ4n) is 2.18. The molecule has 3 nitrogen and oxygen atoms in total. The average molecular weight is 263 g/mol. The molecule has 4 heteroatoms. The van der Waals surface area contributed by atoms with Crippen LogP contribution in [0.2, 0.25) is 0 Å². The van der Waals surface area contributed by atoms with Crippen molar-refractivity contribution >= 4 is 10.0 Å². The molecule has 0 spiro atoms. The lowest BCUT2D eigenvalue weighted by atomic mass is 10.2. The number of sulfonamides is 1. The molecule has 0 amide bonds. The van der Waals surface area contributed by atoms with Crippen molar-refractivity contribution in [1.82, 2.24) is 4.31 Å². The molecule has 0 N–H and O–H groups in total. The van der Waals surface area contributed by atoms with Crippen LogP contribution in [0.4, 0.5) is 0 Å². The molecule has 0 aromatic heterocycles. The fraction of sp³-hybridized carbons (Fsp3) is 0.429. The van der Waals surface area contributed by atoms with Crippen molar-refractivity contribution in [2.45, 2.75) is 37.6 Å². The van der Waals surface area contributed by atoms with Crippen LogP contribution >= 0.6 is 0 Å². The molecule has 0 radical (unpaired) electrons. The Bertz CT molecular complexity index is 578. The maximum absolute atomic E-state index is 12.5. The number of aryl methyl sites for hydroxylation is 1. The quantitative estimate of drug-likeness (QED) is 0.767. The van der Waals surface area contributed by atoms with Gasteiger partial charge in [0.05, 0.1) is 10.9 Å². The normalized spacial score (nSPS) is 20.4. The van der Waals surface area contributed by atoms with Gasteiger partial charge in [0.25, 0.3) is 0 Å². The summed E-state index contributed by atoms with van der Waals surface area (Å²) >= 11 is 0. The predicted molar refractivity (Wildman–Crippen MR) is 71.5 cm³/mol. The highest BCUT2D eigenvalue weighted by molar-refractivity contribution is 7.89. The number of benzene rings is 1. The molecule has 1 atom stereocenters. The Morgan fingerprint density at radius 2 is 1.94 bits per heavy atom. The molecule has 0 bridgehead atoms. The lowest BCUT2D eigenvalue weighted by Crippen LogP contribution is -2.34. The number of hydrogen-bond acceptors (Lipinski definition) is 2. The van der Waals surface area contributed by atoms with Gasteiger partial charge in [-0.05, 0) is 38.8 Å². The third kappa shape index (κ3) is 2.43. The van der Waals surface area contributed by atoms with Crippen molar-refractivity contribution in [2.24, 2.45) is 0 Å². The average Bonchev–Trinajstić information content (AvgIpc) is 2.79. The van der Waals surface area contributed by atoms with E-state index in [1.54, 1.807) is 19.1 Å². The first kappa shape index (κ1) is 13.1. The fourth-order valence-corrected chi connectivity index (χ4v) is 3.80. The molecule has 2 rings (SSSR count). The topological polar surface area (TPSA) is 37.4 Å². The van der Waals surface area contributed by atoms with Crippen LogP contribution in [0, 0.1) is 18.8 Å². The van der Waals surface area contributed by atoms with E-state index in [4.69, 9.17) is 0 Å². The molecular formula is C14H17NO2S. The molecule has 1 heterocycles. The van der Waals surface area contributed by atoms with E-state index >= 15 is 0 Å². The molecule has 1 unspecified atom stereocenters. The Hall–Kier alpha value is -1.31. The Morgan fingerprint density at radius 3 is 2.56 bits per heavy atom. The van der Waals surface area contributed by atoms with Crippen LogP contribution in [-0.2, 0) is 10.0 Å². The van der Waals surface area contributed by atoms with Crippen LogP contribution in [0.1, 0.15) is 25.3 Å². The molecule has 18 heavy (non-hydrogen) atoms. The first-order valence-electron chi connectivity index (χ1n) is 6.06. The standard InChI is InChI=1S/C14H17NO2S/c1-3-5-13-6-4-11-15(13)18(16,17)14-9-7-12(2)8-10-14/h7-10,13H,4,6,11H2,1-2H3. The van der Waals surface area contributed by atoms with Crippen molar-refractivity contribution in [3.8, 4) is 11.8 Å². The molecular weight excluding hydrogens is 246 g/mol. The second-order valence-corrected chi connectivity index (χ2v) is 6.37. The van der Waals surface area contributed by atoms with Crippen LogP contribution in [-0.4, -0.2) is 25.3 Å². The molecule has 1 aliphatic heterocycles. The van der Waals surface area contributed by atoms with Crippen LogP contribution in [0.25, 0.3) is 0 Å². The van der Waals surface area contributed by atoms with E-state index in [9.17, 15) is 8.42 Å². The number of hydrogen-bond donors (Lipinski definition) is 0. The molecule has 1 aliphatic rings. The van der Waals surface area contributed by atoms with Gasteiger partial charge in [0, 0.05) is 6.54 Å². The summed E-state index contributed by atoms with van der Waals surface area (Å²) in [5.41, 5.74) is 1.06. The monoisotopic (exact) mass is 263 g/mol. The van der Waals surface area contributed by atoms with E-state index in [-0.39, 0.29) is 6.04 Å². The van der Waals surface area contributed by atoms with Crippen LogP contribution in [0.5, 0.6) is 0 Å². The molecule has 1 aromatic carbocycles. The van der Waals surface area contributed by atoms with Crippen molar-refractivity contribution in [3.63, 3.8) is 0 Å². The Labute approximate surface area is 109 Å². The van der Waals surface area contributed by atoms with Crippen LogP contribution < -0.4 is 0 Å². The van der Waals surface area contributed by atoms with Gasteiger partial charge in [-0.3, -0.25) is 0 Å². The summed E-state index contributed by atoms with van der Waals surface area (Å²) in [7, 11) is -3.40. The Morgan fingerprint density at radius 1 is 1.28 bits per heavy atom. The Balaban J connectivity index is 2.35. The summed E-state index contributed by atoms with van der Waals surface area (Å²) in [5, 5.41) is 0. The second-order valence-electron chi connectivity index (χ2n) is 4.48. The third-order valence-corrected chi connectivity index (χ3v) is 5.06. The largest absolute Gasteiger partial charge is 0.244 e. The zero-order valence-electron chi connectivity index (χ0n) is 10.7. The van der Waals surface area contributed by atoms with Crippen molar-refractivity contribution < 1.29 is 8.42 Å². The maximum Gasteiger partial charge on any atom is 0.244 e. The highest BCUT2D eigenvalue weighted by atomic mass is 32.2.